The van der Waals surface area contributed by atoms with Gasteiger partial charge in [0.25, 0.3) is 0 Å². The lowest BCUT2D eigenvalue weighted by atomic mass is 9.96. The van der Waals surface area contributed by atoms with E-state index in [1.165, 1.54) is 4.90 Å². The molecule has 1 fully saturated rings. The predicted molar refractivity (Wildman–Crippen MR) is 122 cm³/mol. The van der Waals surface area contributed by atoms with Crippen molar-refractivity contribution in [3.05, 3.63) is 71.8 Å². The Morgan fingerprint density at radius 2 is 1.78 bits per heavy atom. The second kappa shape index (κ2) is 12.4. The van der Waals surface area contributed by atoms with Gasteiger partial charge in [0.1, 0.15) is 19.4 Å². The van der Waals surface area contributed by atoms with E-state index in [1.807, 2.05) is 67.6 Å². The molecule has 0 aliphatic carbocycles. The van der Waals surface area contributed by atoms with Crippen molar-refractivity contribution in [2.24, 2.45) is 5.92 Å². The number of unbranched alkanes of at least 4 members (excludes halogenated alkanes) is 2. The molecule has 3 rings (SSSR count). The Morgan fingerprint density at radius 1 is 1.09 bits per heavy atom. The van der Waals surface area contributed by atoms with Crippen LogP contribution < -0.4 is 0 Å². The van der Waals surface area contributed by atoms with Crippen LogP contribution in [0.5, 0.6) is 0 Å². The zero-order chi connectivity index (χ0) is 22.8. The van der Waals surface area contributed by atoms with Crippen molar-refractivity contribution in [1.29, 1.82) is 0 Å². The lowest BCUT2D eigenvalue weighted by molar-refractivity contribution is -0.147. The number of imide groups is 1. The van der Waals surface area contributed by atoms with Gasteiger partial charge in [0.05, 0.1) is 18.6 Å². The molecule has 0 spiro atoms. The van der Waals surface area contributed by atoms with Gasteiger partial charge in [-0.05, 0) is 17.5 Å². The highest BCUT2D eigenvalue weighted by molar-refractivity contribution is 5.95. The fraction of sp³-hybridized carbons (Fsp3) is 0.462. The Morgan fingerprint density at radius 3 is 2.47 bits per heavy atom. The molecule has 0 N–H and O–H groups in total. The molecule has 6 nitrogen and oxygen atoms in total. The van der Waals surface area contributed by atoms with Crippen LogP contribution in [0.2, 0.25) is 0 Å². The Labute approximate surface area is 190 Å². The van der Waals surface area contributed by atoms with Crippen LogP contribution in [-0.4, -0.2) is 36.4 Å². The van der Waals surface area contributed by atoms with Crippen molar-refractivity contribution in [3.8, 4) is 0 Å². The van der Waals surface area contributed by atoms with Gasteiger partial charge >= 0.3 is 6.09 Å². The zero-order valence-electron chi connectivity index (χ0n) is 18.9. The first-order valence-corrected chi connectivity index (χ1v) is 11.4. The Bertz CT molecular complexity index is 842. The van der Waals surface area contributed by atoms with Crippen molar-refractivity contribution >= 4 is 12.0 Å². The monoisotopic (exact) mass is 439 g/mol. The van der Waals surface area contributed by atoms with Crippen molar-refractivity contribution in [2.45, 2.75) is 58.3 Å². The number of cyclic esters (lactones) is 1. The fourth-order valence-corrected chi connectivity index (χ4v) is 3.91. The number of hydrogen-bond donors (Lipinski definition) is 0. The summed E-state index contributed by atoms with van der Waals surface area (Å²) in [6, 6.07) is 19.0. The van der Waals surface area contributed by atoms with Gasteiger partial charge in [-0.25, -0.2) is 9.69 Å². The molecule has 0 unspecified atom stereocenters. The first-order valence-electron chi connectivity index (χ1n) is 11.4. The average Bonchev–Trinajstić information content (AvgIpc) is 3.22. The van der Waals surface area contributed by atoms with Crippen molar-refractivity contribution in [2.75, 3.05) is 13.4 Å². The number of nitrogens with zero attached hydrogens (tertiary/aromatic N) is 1. The molecule has 1 aliphatic heterocycles. The number of benzene rings is 2. The summed E-state index contributed by atoms with van der Waals surface area (Å²) in [5.74, 6) is -0.769. The summed E-state index contributed by atoms with van der Waals surface area (Å²) in [7, 11) is 0. The number of rotatable bonds is 12. The van der Waals surface area contributed by atoms with E-state index >= 15 is 0 Å². The van der Waals surface area contributed by atoms with Crippen molar-refractivity contribution in [3.63, 3.8) is 0 Å². The van der Waals surface area contributed by atoms with Crippen molar-refractivity contribution < 1.29 is 23.8 Å². The van der Waals surface area contributed by atoms with E-state index in [1.54, 1.807) is 0 Å². The van der Waals surface area contributed by atoms with Crippen LogP contribution in [0, 0.1) is 5.92 Å². The smallest absolute Gasteiger partial charge is 0.417 e. The number of amides is 2. The molecule has 1 saturated heterocycles. The van der Waals surface area contributed by atoms with Gasteiger partial charge in [0.15, 0.2) is 0 Å². The molecule has 2 aromatic carbocycles. The van der Waals surface area contributed by atoms with Crippen LogP contribution in [0.25, 0.3) is 0 Å². The maximum absolute atomic E-state index is 13.4. The summed E-state index contributed by atoms with van der Waals surface area (Å²) < 4.78 is 16.9. The van der Waals surface area contributed by atoms with E-state index in [4.69, 9.17) is 14.2 Å². The SMILES string of the molecule is CCCCC[C@H](OCOCc1ccccc1)[C@@H](C)C(=O)N1C(=O)OC[C@H]1c1ccccc1. The topological polar surface area (TPSA) is 65.1 Å². The van der Waals surface area contributed by atoms with Crippen LogP contribution >= 0.6 is 0 Å². The lowest BCUT2D eigenvalue weighted by Crippen LogP contribution is -2.42. The summed E-state index contributed by atoms with van der Waals surface area (Å²) in [4.78, 5) is 27.0. The number of carbonyl (C=O) groups excluding carboxylic acids is 2. The van der Waals surface area contributed by atoms with Crippen LogP contribution in [0.1, 0.15) is 56.7 Å². The van der Waals surface area contributed by atoms with E-state index in [-0.39, 0.29) is 25.4 Å². The predicted octanol–water partition coefficient (Wildman–Crippen LogP) is 5.48. The fourth-order valence-electron chi connectivity index (χ4n) is 3.91. The maximum atomic E-state index is 13.4. The number of ether oxygens (including phenoxy) is 3. The second-order valence-corrected chi connectivity index (χ2v) is 8.15. The first-order chi connectivity index (χ1) is 15.6. The largest absolute Gasteiger partial charge is 0.446 e. The van der Waals surface area contributed by atoms with Crippen LogP contribution in [0.3, 0.4) is 0 Å². The maximum Gasteiger partial charge on any atom is 0.417 e. The lowest BCUT2D eigenvalue weighted by Gasteiger charge is -2.28. The van der Waals surface area contributed by atoms with Gasteiger partial charge in [0.2, 0.25) is 5.91 Å². The molecular formula is C26H33NO5. The third-order valence-electron chi connectivity index (χ3n) is 5.81. The standard InChI is InChI=1S/C26H33NO5/c1-3-4-7-16-24(32-19-30-17-21-12-8-5-9-13-21)20(2)25(28)27-23(18-31-26(27)29)22-14-10-6-11-15-22/h5-6,8-15,20,23-24H,3-4,7,16-19H2,1-2H3/t20-,23+,24+/m1/s1. The molecular weight excluding hydrogens is 406 g/mol. The Balaban J connectivity index is 1.63. The quantitative estimate of drug-likeness (QED) is 0.324. The van der Waals surface area contributed by atoms with E-state index in [9.17, 15) is 9.59 Å². The minimum absolute atomic E-state index is 0.0931. The number of hydrogen-bond acceptors (Lipinski definition) is 5. The van der Waals surface area contributed by atoms with Crippen LogP contribution in [-0.2, 0) is 25.6 Å². The van der Waals surface area contributed by atoms with Crippen LogP contribution in [0.4, 0.5) is 4.79 Å². The molecule has 0 saturated carbocycles. The summed E-state index contributed by atoms with van der Waals surface area (Å²) in [5.41, 5.74) is 1.95. The van der Waals surface area contributed by atoms with Gasteiger partial charge in [-0.3, -0.25) is 4.79 Å². The van der Waals surface area contributed by atoms with Gasteiger partial charge in [-0.15, -0.1) is 0 Å². The van der Waals surface area contributed by atoms with Gasteiger partial charge in [-0.2, -0.15) is 0 Å². The van der Waals surface area contributed by atoms with E-state index in [2.05, 4.69) is 6.92 Å². The van der Waals surface area contributed by atoms with Gasteiger partial charge < -0.3 is 14.2 Å². The Kier molecular flexibility index (Phi) is 9.26. The molecule has 172 valence electrons. The number of carbonyl (C=O) groups is 2. The summed E-state index contributed by atoms with van der Waals surface area (Å²) in [6.07, 6.45) is 2.88. The minimum atomic E-state index is -0.594. The second-order valence-electron chi connectivity index (χ2n) is 8.15. The molecule has 32 heavy (non-hydrogen) atoms. The van der Waals surface area contributed by atoms with Gasteiger partial charge in [-0.1, -0.05) is 93.8 Å². The molecule has 6 heteroatoms. The normalized spacial score (nSPS) is 17.8. The summed E-state index contributed by atoms with van der Waals surface area (Å²) in [5, 5.41) is 0. The van der Waals surface area contributed by atoms with Gasteiger partial charge in [0, 0.05) is 0 Å². The average molecular weight is 440 g/mol. The molecule has 3 atom stereocenters. The molecule has 1 heterocycles. The molecule has 1 aliphatic rings. The highest BCUT2D eigenvalue weighted by Gasteiger charge is 2.42. The highest BCUT2D eigenvalue weighted by atomic mass is 16.7. The summed E-state index contributed by atoms with van der Waals surface area (Å²) >= 11 is 0. The molecule has 2 aromatic rings. The van der Waals surface area contributed by atoms with E-state index in [0.717, 1.165) is 36.8 Å². The third-order valence-corrected chi connectivity index (χ3v) is 5.81. The third kappa shape index (κ3) is 6.40. The Hall–Kier alpha value is -2.70. The van der Waals surface area contributed by atoms with Crippen LogP contribution in [0.15, 0.2) is 60.7 Å². The van der Waals surface area contributed by atoms with Crippen molar-refractivity contribution in [1.82, 2.24) is 4.90 Å². The zero-order valence-corrected chi connectivity index (χ0v) is 18.9. The minimum Gasteiger partial charge on any atom is -0.446 e. The van der Waals surface area contributed by atoms with E-state index < -0.39 is 18.1 Å². The molecule has 0 radical (unpaired) electrons. The first kappa shape index (κ1) is 24.0. The molecule has 0 bridgehead atoms. The molecule has 2 amide bonds. The van der Waals surface area contributed by atoms with E-state index in [0.29, 0.717) is 6.61 Å². The summed E-state index contributed by atoms with van der Waals surface area (Å²) in [6.45, 7) is 4.67. The highest BCUT2D eigenvalue weighted by Crippen LogP contribution is 2.30. The molecule has 0 aromatic heterocycles.